The second kappa shape index (κ2) is 10.7. The average molecular weight is 656 g/mol. The number of para-hydroxylation sites is 3. The van der Waals surface area contributed by atoms with Crippen LogP contribution in [0, 0.1) is 0 Å². The lowest BCUT2D eigenvalue weighted by Gasteiger charge is -2.11. The Morgan fingerprint density at radius 1 is 0.314 bits per heavy atom. The zero-order valence-electron chi connectivity index (χ0n) is 27.0. The van der Waals surface area contributed by atoms with Crippen molar-refractivity contribution in [1.82, 2.24) is 15.0 Å². The minimum Gasteiger partial charge on any atom is -0.456 e. The molecule has 4 aromatic heterocycles. The molecule has 0 aliphatic heterocycles. The Morgan fingerprint density at radius 3 is 1.67 bits per heavy atom. The maximum atomic E-state index is 6.73. The Labute approximate surface area is 290 Å². The summed E-state index contributed by atoms with van der Waals surface area (Å²) >= 11 is 0. The van der Waals surface area contributed by atoms with E-state index in [9.17, 15) is 0 Å². The number of aromatic nitrogens is 3. The van der Waals surface area contributed by atoms with Gasteiger partial charge in [-0.15, -0.1) is 0 Å². The van der Waals surface area contributed by atoms with Crippen LogP contribution in [0.15, 0.2) is 165 Å². The van der Waals surface area contributed by atoms with Crippen LogP contribution in [0.3, 0.4) is 0 Å². The fraction of sp³-hybridized carbons (Fsp3) is 0. The van der Waals surface area contributed by atoms with Crippen molar-refractivity contribution in [2.75, 3.05) is 0 Å². The molecule has 0 aliphatic carbocycles. The molecule has 238 valence electrons. The van der Waals surface area contributed by atoms with Gasteiger partial charge in [0.1, 0.15) is 33.5 Å². The van der Waals surface area contributed by atoms with Crippen LogP contribution in [0.1, 0.15) is 0 Å². The maximum absolute atomic E-state index is 6.73. The topological polar surface area (TPSA) is 78.1 Å². The molecule has 0 saturated carbocycles. The predicted octanol–water partition coefficient (Wildman–Crippen LogP) is 12.2. The Balaban J connectivity index is 1.18. The normalized spacial score (nSPS) is 11.9. The van der Waals surface area contributed by atoms with E-state index in [4.69, 9.17) is 28.2 Å². The highest BCUT2D eigenvalue weighted by Gasteiger charge is 2.23. The van der Waals surface area contributed by atoms with Crippen LogP contribution in [0.5, 0.6) is 0 Å². The molecule has 11 aromatic rings. The fourth-order valence-corrected chi connectivity index (χ4v) is 7.43. The summed E-state index contributed by atoms with van der Waals surface area (Å²) in [6, 6.07) is 51.0. The number of fused-ring (bicyclic) bond motifs is 9. The number of rotatable bonds is 4. The zero-order chi connectivity index (χ0) is 33.5. The van der Waals surface area contributed by atoms with Gasteiger partial charge in [0.25, 0.3) is 0 Å². The van der Waals surface area contributed by atoms with Crippen LogP contribution < -0.4 is 0 Å². The molecule has 51 heavy (non-hydrogen) atoms. The van der Waals surface area contributed by atoms with Crippen LogP contribution in [0.4, 0.5) is 0 Å². The lowest BCUT2D eigenvalue weighted by molar-refractivity contribution is 0.668. The van der Waals surface area contributed by atoms with Gasteiger partial charge in [-0.05, 0) is 59.7 Å². The molecule has 4 heterocycles. The van der Waals surface area contributed by atoms with Gasteiger partial charge in [-0.1, -0.05) is 103 Å². The summed E-state index contributed by atoms with van der Waals surface area (Å²) in [5, 5.41) is 6.22. The van der Waals surface area contributed by atoms with Crippen molar-refractivity contribution in [3.8, 4) is 45.3 Å². The van der Waals surface area contributed by atoms with Crippen LogP contribution in [-0.4, -0.2) is 15.0 Å². The highest BCUT2D eigenvalue weighted by molar-refractivity contribution is 6.21. The predicted molar refractivity (Wildman–Crippen MR) is 203 cm³/mol. The SMILES string of the molecule is c1ccc(-c2nc(-c3ccc4oc5ccccc5c4c3)nc(-c3ccc(-c4cccc5oc6ccccc6c45)c4c3oc3ccccc34)n2)cc1. The van der Waals surface area contributed by atoms with Crippen LogP contribution in [0.2, 0.25) is 0 Å². The summed E-state index contributed by atoms with van der Waals surface area (Å²) in [7, 11) is 0. The number of hydrogen-bond donors (Lipinski definition) is 0. The summed E-state index contributed by atoms with van der Waals surface area (Å²) in [5.41, 5.74) is 9.53. The highest BCUT2D eigenvalue weighted by Crippen LogP contribution is 2.45. The first kappa shape index (κ1) is 27.9. The molecular weight excluding hydrogens is 631 g/mol. The van der Waals surface area contributed by atoms with Crippen LogP contribution in [-0.2, 0) is 0 Å². The third kappa shape index (κ3) is 4.26. The standard InChI is InChI=1S/C45H25N3O3/c1-2-11-26(12-3-1)43-46-44(27-21-24-38-34(25-27)28-13-4-7-17-35(28)49-38)48-45(47-43)33-23-22-30(41-32-15-6-9-19-37(32)51-42(33)41)29-16-10-20-39-40(29)31-14-5-8-18-36(31)50-39/h1-25H. The summed E-state index contributed by atoms with van der Waals surface area (Å²) in [6.07, 6.45) is 0. The van der Waals surface area contributed by atoms with E-state index in [1.165, 1.54) is 0 Å². The van der Waals surface area contributed by atoms with Crippen LogP contribution >= 0.6 is 0 Å². The molecule has 6 heteroatoms. The van der Waals surface area contributed by atoms with Gasteiger partial charge in [-0.2, -0.15) is 0 Å². The monoisotopic (exact) mass is 655 g/mol. The van der Waals surface area contributed by atoms with Crippen molar-refractivity contribution in [2.24, 2.45) is 0 Å². The van der Waals surface area contributed by atoms with Crippen molar-refractivity contribution in [1.29, 1.82) is 0 Å². The van der Waals surface area contributed by atoms with Gasteiger partial charge >= 0.3 is 0 Å². The molecule has 0 amide bonds. The third-order valence-corrected chi connectivity index (χ3v) is 9.76. The molecule has 0 atom stereocenters. The lowest BCUT2D eigenvalue weighted by Crippen LogP contribution is -2.00. The van der Waals surface area contributed by atoms with Gasteiger partial charge in [0.05, 0.1) is 5.56 Å². The van der Waals surface area contributed by atoms with Crippen molar-refractivity contribution in [3.05, 3.63) is 152 Å². The van der Waals surface area contributed by atoms with E-state index in [1.807, 2.05) is 103 Å². The van der Waals surface area contributed by atoms with Gasteiger partial charge in [0.15, 0.2) is 17.5 Å². The maximum Gasteiger partial charge on any atom is 0.167 e. The number of benzene rings is 7. The Hall–Kier alpha value is -7.05. The van der Waals surface area contributed by atoms with Gasteiger partial charge in [-0.25, -0.2) is 15.0 Å². The molecule has 0 saturated heterocycles. The lowest BCUT2D eigenvalue weighted by atomic mass is 9.94. The molecule has 7 aromatic carbocycles. The van der Waals surface area contributed by atoms with E-state index >= 15 is 0 Å². The molecule has 0 fully saturated rings. The second-order valence-electron chi connectivity index (χ2n) is 12.7. The Kier molecular flexibility index (Phi) is 5.86. The van der Waals surface area contributed by atoms with E-state index in [2.05, 4.69) is 48.5 Å². The van der Waals surface area contributed by atoms with E-state index in [1.54, 1.807) is 0 Å². The molecule has 0 aliphatic rings. The molecule has 6 nitrogen and oxygen atoms in total. The van der Waals surface area contributed by atoms with Gasteiger partial charge < -0.3 is 13.3 Å². The number of hydrogen-bond acceptors (Lipinski definition) is 6. The summed E-state index contributed by atoms with van der Waals surface area (Å²) in [6.45, 7) is 0. The van der Waals surface area contributed by atoms with Crippen molar-refractivity contribution in [3.63, 3.8) is 0 Å². The second-order valence-corrected chi connectivity index (χ2v) is 12.7. The van der Waals surface area contributed by atoms with Gasteiger partial charge in [-0.3, -0.25) is 0 Å². The molecular formula is C45H25N3O3. The summed E-state index contributed by atoms with van der Waals surface area (Å²) < 4.78 is 19.1. The Morgan fingerprint density at radius 2 is 0.863 bits per heavy atom. The zero-order valence-corrected chi connectivity index (χ0v) is 27.0. The molecule has 0 spiro atoms. The molecule has 11 rings (SSSR count). The first-order valence-electron chi connectivity index (χ1n) is 16.9. The van der Waals surface area contributed by atoms with E-state index in [0.717, 1.165) is 88.0 Å². The van der Waals surface area contributed by atoms with E-state index < -0.39 is 0 Å². The average Bonchev–Trinajstić information content (AvgIpc) is 3.89. The fourth-order valence-electron chi connectivity index (χ4n) is 7.43. The largest absolute Gasteiger partial charge is 0.456 e. The number of nitrogens with zero attached hydrogens (tertiary/aromatic N) is 3. The molecule has 0 unspecified atom stereocenters. The molecule has 0 bridgehead atoms. The van der Waals surface area contributed by atoms with Crippen molar-refractivity contribution in [2.45, 2.75) is 0 Å². The van der Waals surface area contributed by atoms with Crippen molar-refractivity contribution >= 4 is 65.8 Å². The summed E-state index contributed by atoms with van der Waals surface area (Å²) in [5.74, 6) is 1.67. The van der Waals surface area contributed by atoms with Gasteiger partial charge in [0.2, 0.25) is 0 Å². The van der Waals surface area contributed by atoms with E-state index in [-0.39, 0.29) is 0 Å². The third-order valence-electron chi connectivity index (χ3n) is 9.76. The first-order chi connectivity index (χ1) is 25.3. The minimum atomic E-state index is 0.526. The smallest absolute Gasteiger partial charge is 0.167 e. The van der Waals surface area contributed by atoms with E-state index in [0.29, 0.717) is 23.1 Å². The molecule has 0 N–H and O–H groups in total. The first-order valence-corrected chi connectivity index (χ1v) is 16.9. The minimum absolute atomic E-state index is 0.526. The molecule has 0 radical (unpaired) electrons. The number of furan rings is 3. The Bertz CT molecular complexity index is 3150. The van der Waals surface area contributed by atoms with Crippen molar-refractivity contribution < 1.29 is 13.3 Å². The van der Waals surface area contributed by atoms with Gasteiger partial charge in [0, 0.05) is 43.4 Å². The summed E-state index contributed by atoms with van der Waals surface area (Å²) in [4.78, 5) is 15.3. The highest BCUT2D eigenvalue weighted by atomic mass is 16.3. The quantitative estimate of drug-likeness (QED) is 0.188. The van der Waals surface area contributed by atoms with Crippen LogP contribution in [0.25, 0.3) is 111 Å².